The van der Waals surface area contributed by atoms with Gasteiger partial charge in [0.05, 0.1) is 5.69 Å². The quantitative estimate of drug-likeness (QED) is 0.601. The zero-order valence-electron chi connectivity index (χ0n) is 14.6. The van der Waals surface area contributed by atoms with Gasteiger partial charge in [0.2, 0.25) is 0 Å². The van der Waals surface area contributed by atoms with E-state index in [9.17, 15) is 9.18 Å². The first-order valence-corrected chi connectivity index (χ1v) is 8.74. The van der Waals surface area contributed by atoms with Crippen LogP contribution in [0.5, 0.6) is 5.75 Å². The van der Waals surface area contributed by atoms with Crippen LogP contribution in [0, 0.1) is 26.6 Å². The van der Waals surface area contributed by atoms with Crippen molar-refractivity contribution in [3.05, 3.63) is 79.9 Å². The highest BCUT2D eigenvalue weighted by molar-refractivity contribution is 9.10. The molecule has 26 heavy (non-hydrogen) atoms. The summed E-state index contributed by atoms with van der Waals surface area (Å²) in [6, 6.07) is 6.31. The Morgan fingerprint density at radius 3 is 2.58 bits per heavy atom. The van der Waals surface area contributed by atoms with Gasteiger partial charge in [-0.25, -0.2) is 9.37 Å². The predicted octanol–water partition coefficient (Wildman–Crippen LogP) is 4.03. The maximum atomic E-state index is 13.9. The fourth-order valence-corrected chi connectivity index (χ4v) is 2.93. The molecule has 0 aliphatic heterocycles. The molecule has 0 amide bonds. The highest BCUT2D eigenvalue weighted by Crippen LogP contribution is 2.20. The number of rotatable bonds is 4. The van der Waals surface area contributed by atoms with Crippen molar-refractivity contribution < 1.29 is 9.13 Å². The van der Waals surface area contributed by atoms with E-state index in [-0.39, 0.29) is 17.9 Å². The summed E-state index contributed by atoms with van der Waals surface area (Å²) in [6.45, 7) is 5.42. The second kappa shape index (κ2) is 7.37. The average Bonchev–Trinajstić information content (AvgIpc) is 2.56. The van der Waals surface area contributed by atoms with Crippen molar-refractivity contribution in [3.63, 3.8) is 0 Å². The second-order valence-corrected chi connectivity index (χ2v) is 6.84. The topological polar surface area (TPSA) is 57.0 Å². The van der Waals surface area contributed by atoms with Crippen LogP contribution >= 0.6 is 15.9 Å². The van der Waals surface area contributed by atoms with E-state index < -0.39 is 5.82 Å². The van der Waals surface area contributed by atoms with Crippen LogP contribution < -0.4 is 10.3 Å². The van der Waals surface area contributed by atoms with Gasteiger partial charge in [-0.3, -0.25) is 14.3 Å². The van der Waals surface area contributed by atoms with E-state index in [1.165, 1.54) is 12.1 Å². The number of hydrogen-bond donors (Lipinski definition) is 0. The number of ether oxygens (including phenoxy) is 1. The van der Waals surface area contributed by atoms with Crippen LogP contribution in [-0.2, 0) is 6.61 Å². The average molecular weight is 418 g/mol. The number of hydrogen-bond acceptors (Lipinski definition) is 4. The Morgan fingerprint density at radius 2 is 1.88 bits per heavy atom. The lowest BCUT2D eigenvalue weighted by molar-refractivity contribution is 0.293. The Labute approximate surface area is 158 Å². The standard InChI is InChI=1S/C19H17BrFN3O2/c1-11-4-15(21)16(22-8-11)10-26-14-5-13(3)24(19(25)6-14)17-7-18(20)23-9-12(17)2/h4-9H,10H2,1-3H3. The van der Waals surface area contributed by atoms with Crippen molar-refractivity contribution in [1.82, 2.24) is 14.5 Å². The zero-order valence-corrected chi connectivity index (χ0v) is 16.2. The minimum Gasteiger partial charge on any atom is -0.487 e. The molecule has 0 N–H and O–H groups in total. The molecule has 3 aromatic rings. The summed E-state index contributed by atoms with van der Waals surface area (Å²) < 4.78 is 21.7. The summed E-state index contributed by atoms with van der Waals surface area (Å²) >= 11 is 3.33. The summed E-state index contributed by atoms with van der Waals surface area (Å²) in [6.07, 6.45) is 3.27. The minimum atomic E-state index is -0.424. The second-order valence-electron chi connectivity index (χ2n) is 6.03. The number of aryl methyl sites for hydroxylation is 3. The van der Waals surface area contributed by atoms with Crippen LogP contribution in [0.1, 0.15) is 22.5 Å². The van der Waals surface area contributed by atoms with Crippen LogP contribution in [0.3, 0.4) is 0 Å². The lowest BCUT2D eigenvalue weighted by Crippen LogP contribution is -2.21. The molecule has 0 aromatic carbocycles. The Hall–Kier alpha value is -2.54. The van der Waals surface area contributed by atoms with Crippen LogP contribution in [0.4, 0.5) is 4.39 Å². The van der Waals surface area contributed by atoms with Crippen LogP contribution in [0.15, 0.2) is 46.1 Å². The fourth-order valence-electron chi connectivity index (χ4n) is 2.61. The van der Waals surface area contributed by atoms with E-state index in [1.54, 1.807) is 36.0 Å². The molecular formula is C19H17BrFN3O2. The maximum Gasteiger partial charge on any atom is 0.259 e. The smallest absolute Gasteiger partial charge is 0.259 e. The van der Waals surface area contributed by atoms with Gasteiger partial charge in [-0.05, 0) is 60.0 Å². The molecule has 3 aromatic heterocycles. The molecular weight excluding hydrogens is 401 g/mol. The molecule has 0 aliphatic rings. The lowest BCUT2D eigenvalue weighted by atomic mass is 10.2. The first-order valence-electron chi connectivity index (χ1n) is 7.95. The number of pyridine rings is 3. The van der Waals surface area contributed by atoms with E-state index in [4.69, 9.17) is 4.74 Å². The van der Waals surface area contributed by atoms with E-state index in [0.717, 1.165) is 16.8 Å². The highest BCUT2D eigenvalue weighted by atomic mass is 79.9. The van der Waals surface area contributed by atoms with E-state index in [1.807, 2.05) is 13.8 Å². The van der Waals surface area contributed by atoms with Gasteiger partial charge in [0.15, 0.2) is 0 Å². The Balaban J connectivity index is 1.90. The van der Waals surface area contributed by atoms with Crippen LogP contribution in [0.2, 0.25) is 0 Å². The summed E-state index contributed by atoms with van der Waals surface area (Å²) in [4.78, 5) is 20.8. The predicted molar refractivity (Wildman–Crippen MR) is 100 cm³/mol. The van der Waals surface area contributed by atoms with Gasteiger partial charge >= 0.3 is 0 Å². The van der Waals surface area contributed by atoms with Gasteiger partial charge in [0.1, 0.15) is 28.5 Å². The third-order valence-corrected chi connectivity index (χ3v) is 4.34. The Morgan fingerprint density at radius 1 is 1.12 bits per heavy atom. The highest BCUT2D eigenvalue weighted by Gasteiger charge is 2.11. The molecule has 0 radical (unpaired) electrons. The van der Waals surface area contributed by atoms with Gasteiger partial charge in [-0.1, -0.05) is 0 Å². The molecule has 0 bridgehead atoms. The molecule has 0 spiro atoms. The van der Waals surface area contributed by atoms with Gasteiger partial charge in [-0.15, -0.1) is 0 Å². The van der Waals surface area contributed by atoms with Crippen LogP contribution in [-0.4, -0.2) is 14.5 Å². The maximum absolute atomic E-state index is 13.9. The van der Waals surface area contributed by atoms with Gasteiger partial charge in [-0.2, -0.15) is 0 Å². The van der Waals surface area contributed by atoms with Gasteiger partial charge in [0.25, 0.3) is 5.56 Å². The van der Waals surface area contributed by atoms with Crippen molar-refractivity contribution in [2.24, 2.45) is 0 Å². The molecule has 134 valence electrons. The fraction of sp³-hybridized carbons (Fsp3) is 0.211. The van der Waals surface area contributed by atoms with Crippen molar-refractivity contribution in [2.45, 2.75) is 27.4 Å². The van der Waals surface area contributed by atoms with E-state index in [2.05, 4.69) is 25.9 Å². The van der Waals surface area contributed by atoms with Gasteiger partial charge < -0.3 is 4.74 Å². The first kappa shape index (κ1) is 18.3. The Bertz CT molecular complexity index is 1030. The molecule has 0 fully saturated rings. The lowest BCUT2D eigenvalue weighted by Gasteiger charge is -2.14. The SMILES string of the molecule is Cc1cnc(COc2cc(C)n(-c3cc(Br)ncc3C)c(=O)c2)c(F)c1. The Kier molecular flexibility index (Phi) is 5.18. The van der Waals surface area contributed by atoms with Crippen LogP contribution in [0.25, 0.3) is 5.69 Å². The molecule has 7 heteroatoms. The summed E-state index contributed by atoms with van der Waals surface area (Å²) in [7, 11) is 0. The number of halogens is 2. The molecule has 5 nitrogen and oxygen atoms in total. The molecule has 0 atom stereocenters. The van der Waals surface area contributed by atoms with Crippen molar-refractivity contribution in [1.29, 1.82) is 0 Å². The summed E-state index contributed by atoms with van der Waals surface area (Å²) in [5.74, 6) is -0.0522. The molecule has 0 saturated carbocycles. The summed E-state index contributed by atoms with van der Waals surface area (Å²) in [5, 5.41) is 0. The summed E-state index contributed by atoms with van der Waals surface area (Å²) in [5.41, 5.74) is 3.02. The van der Waals surface area contributed by atoms with Crippen molar-refractivity contribution >= 4 is 15.9 Å². The molecule has 0 aliphatic carbocycles. The third-order valence-electron chi connectivity index (χ3n) is 3.90. The number of aromatic nitrogens is 3. The minimum absolute atomic E-state index is 0.0468. The van der Waals surface area contributed by atoms with Crippen molar-refractivity contribution in [3.8, 4) is 11.4 Å². The van der Waals surface area contributed by atoms with E-state index in [0.29, 0.717) is 16.0 Å². The zero-order chi connectivity index (χ0) is 18.8. The molecule has 0 saturated heterocycles. The first-order chi connectivity index (χ1) is 12.3. The molecule has 3 heterocycles. The van der Waals surface area contributed by atoms with Crippen molar-refractivity contribution in [2.75, 3.05) is 0 Å². The largest absolute Gasteiger partial charge is 0.487 e. The van der Waals surface area contributed by atoms with Gasteiger partial charge in [0, 0.05) is 30.2 Å². The third kappa shape index (κ3) is 3.83. The number of nitrogens with zero attached hydrogens (tertiary/aromatic N) is 3. The molecule has 0 unspecified atom stereocenters. The monoisotopic (exact) mass is 417 g/mol. The normalized spacial score (nSPS) is 10.8. The molecule has 3 rings (SSSR count). The van der Waals surface area contributed by atoms with E-state index >= 15 is 0 Å².